The molecule has 2 bridgehead atoms. The monoisotopic (exact) mass is 327 g/mol. The third-order valence-corrected chi connectivity index (χ3v) is 6.91. The van der Waals surface area contributed by atoms with Gasteiger partial charge in [-0.2, -0.15) is 5.26 Å². The van der Waals surface area contributed by atoms with Crippen molar-refractivity contribution in [3.63, 3.8) is 0 Å². The Kier molecular flexibility index (Phi) is 5.28. The lowest BCUT2D eigenvalue weighted by Crippen LogP contribution is -2.44. The van der Waals surface area contributed by atoms with Gasteiger partial charge in [-0.05, 0) is 73.5 Å². The van der Waals surface area contributed by atoms with E-state index in [0.717, 1.165) is 5.56 Å². The molecule has 0 amide bonds. The summed E-state index contributed by atoms with van der Waals surface area (Å²) in [4.78, 5) is 0. The number of hydrogen-bond donors (Lipinski definition) is 0. The maximum atomic E-state index is 14.0. The van der Waals surface area contributed by atoms with Gasteiger partial charge in [0.2, 0.25) is 0 Å². The predicted molar refractivity (Wildman–Crippen MR) is 96.3 cm³/mol. The minimum atomic E-state index is -0.345. The van der Waals surface area contributed by atoms with E-state index in [1.165, 1.54) is 77.0 Å². The van der Waals surface area contributed by atoms with E-state index >= 15 is 0 Å². The van der Waals surface area contributed by atoms with E-state index in [1.54, 1.807) is 12.1 Å². The maximum absolute atomic E-state index is 14.0. The third-order valence-electron chi connectivity index (χ3n) is 6.91. The summed E-state index contributed by atoms with van der Waals surface area (Å²) in [6.07, 6.45) is 15.8. The molecule has 130 valence electrons. The van der Waals surface area contributed by atoms with Crippen LogP contribution >= 0.6 is 0 Å². The molecule has 3 fully saturated rings. The molecule has 0 spiro atoms. The van der Waals surface area contributed by atoms with Crippen LogP contribution in [-0.2, 0) is 5.41 Å². The largest absolute Gasteiger partial charge is 0.206 e. The van der Waals surface area contributed by atoms with E-state index in [4.69, 9.17) is 5.26 Å². The van der Waals surface area contributed by atoms with E-state index in [0.29, 0.717) is 5.41 Å². The molecule has 0 aliphatic heterocycles. The van der Waals surface area contributed by atoms with Gasteiger partial charge in [0.25, 0.3) is 0 Å². The van der Waals surface area contributed by atoms with Crippen LogP contribution < -0.4 is 0 Å². The second kappa shape index (κ2) is 7.26. The summed E-state index contributed by atoms with van der Waals surface area (Å²) in [5.41, 5.74) is 2.07. The summed E-state index contributed by atoms with van der Waals surface area (Å²) in [6.45, 7) is 2.27. The van der Waals surface area contributed by atoms with Crippen molar-refractivity contribution in [3.8, 4) is 6.07 Å². The highest BCUT2D eigenvalue weighted by Crippen LogP contribution is 2.59. The molecule has 0 saturated heterocycles. The molecule has 1 aromatic rings. The van der Waals surface area contributed by atoms with E-state index in [-0.39, 0.29) is 16.8 Å². The van der Waals surface area contributed by atoms with Gasteiger partial charge >= 0.3 is 0 Å². The molecule has 0 radical (unpaired) electrons. The molecule has 0 unspecified atom stereocenters. The van der Waals surface area contributed by atoms with Crippen molar-refractivity contribution in [2.75, 3.05) is 0 Å². The Labute approximate surface area is 146 Å². The van der Waals surface area contributed by atoms with Crippen LogP contribution in [0.15, 0.2) is 18.2 Å². The Balaban J connectivity index is 1.61. The summed E-state index contributed by atoms with van der Waals surface area (Å²) in [6, 6.07) is 7.25. The van der Waals surface area contributed by atoms with Crippen molar-refractivity contribution in [1.29, 1.82) is 5.26 Å². The van der Waals surface area contributed by atoms with Crippen molar-refractivity contribution in [1.82, 2.24) is 0 Å². The zero-order valence-corrected chi connectivity index (χ0v) is 15.0. The van der Waals surface area contributed by atoms with Gasteiger partial charge in [0.15, 0.2) is 0 Å². The van der Waals surface area contributed by atoms with Crippen molar-refractivity contribution < 1.29 is 4.39 Å². The molecular formula is C22H30FN. The number of nitriles is 1. The van der Waals surface area contributed by atoms with Crippen molar-refractivity contribution in [2.45, 2.75) is 89.4 Å². The molecule has 3 aliphatic carbocycles. The topological polar surface area (TPSA) is 23.8 Å². The first-order chi connectivity index (χ1) is 11.6. The zero-order chi connectivity index (χ0) is 17.0. The van der Waals surface area contributed by atoms with Gasteiger partial charge in [0, 0.05) is 0 Å². The van der Waals surface area contributed by atoms with Crippen LogP contribution in [0.2, 0.25) is 0 Å². The fourth-order valence-corrected chi connectivity index (χ4v) is 5.11. The first-order valence-corrected chi connectivity index (χ1v) is 9.83. The standard InChI is InChI=1S/C22H30FN/c1-2-3-4-5-6-9-21-10-13-22(14-11-21,15-12-21)19-8-7-18(17-24)20(23)16-19/h7-8,16H,2-6,9-15H2,1H3. The number of benzene rings is 1. The second-order valence-corrected chi connectivity index (χ2v) is 8.25. The summed E-state index contributed by atoms with van der Waals surface area (Å²) in [5, 5.41) is 8.93. The molecule has 2 heteroatoms. The van der Waals surface area contributed by atoms with Crippen molar-refractivity contribution in [3.05, 3.63) is 35.1 Å². The molecule has 0 atom stereocenters. The number of fused-ring (bicyclic) bond motifs is 3. The van der Waals surface area contributed by atoms with Gasteiger partial charge in [-0.1, -0.05) is 45.1 Å². The Hall–Kier alpha value is -1.36. The van der Waals surface area contributed by atoms with Gasteiger partial charge in [-0.25, -0.2) is 4.39 Å². The minimum Gasteiger partial charge on any atom is -0.206 e. The number of hydrogen-bond acceptors (Lipinski definition) is 1. The smallest absolute Gasteiger partial charge is 0.141 e. The van der Waals surface area contributed by atoms with Crippen molar-refractivity contribution >= 4 is 0 Å². The highest BCUT2D eigenvalue weighted by molar-refractivity contribution is 5.37. The Morgan fingerprint density at radius 3 is 2.25 bits per heavy atom. The molecule has 0 N–H and O–H groups in total. The number of nitrogens with zero attached hydrogens (tertiary/aromatic N) is 1. The molecule has 1 aromatic carbocycles. The average Bonchev–Trinajstić information content (AvgIpc) is 2.63. The van der Waals surface area contributed by atoms with Gasteiger partial charge in [-0.15, -0.1) is 0 Å². The van der Waals surface area contributed by atoms with Gasteiger partial charge < -0.3 is 0 Å². The first kappa shape index (κ1) is 17.5. The van der Waals surface area contributed by atoms with Gasteiger partial charge in [0.05, 0.1) is 5.56 Å². The minimum absolute atomic E-state index is 0.170. The molecule has 3 aliphatic rings. The second-order valence-electron chi connectivity index (χ2n) is 8.25. The number of unbranched alkanes of at least 4 members (excludes halogenated alkanes) is 4. The summed E-state index contributed by atoms with van der Waals surface area (Å²) >= 11 is 0. The highest BCUT2D eigenvalue weighted by atomic mass is 19.1. The summed E-state index contributed by atoms with van der Waals surface area (Å²) in [7, 11) is 0. The lowest BCUT2D eigenvalue weighted by molar-refractivity contribution is 0.0303. The van der Waals surface area contributed by atoms with Crippen LogP contribution in [0.4, 0.5) is 4.39 Å². The zero-order valence-electron chi connectivity index (χ0n) is 15.0. The van der Waals surface area contributed by atoms with Crippen LogP contribution in [-0.4, -0.2) is 0 Å². The molecule has 24 heavy (non-hydrogen) atoms. The van der Waals surface area contributed by atoms with Crippen molar-refractivity contribution in [2.24, 2.45) is 5.41 Å². The maximum Gasteiger partial charge on any atom is 0.141 e. The van der Waals surface area contributed by atoms with E-state index in [1.807, 2.05) is 12.1 Å². The number of rotatable bonds is 7. The third kappa shape index (κ3) is 3.37. The highest BCUT2D eigenvalue weighted by Gasteiger charge is 2.48. The fraction of sp³-hybridized carbons (Fsp3) is 0.682. The van der Waals surface area contributed by atoms with E-state index < -0.39 is 0 Å². The Bertz CT molecular complexity index is 588. The quantitative estimate of drug-likeness (QED) is 0.514. The Morgan fingerprint density at radius 2 is 1.67 bits per heavy atom. The Morgan fingerprint density at radius 1 is 1.00 bits per heavy atom. The normalized spacial score (nSPS) is 28.7. The fourth-order valence-electron chi connectivity index (χ4n) is 5.11. The molecule has 0 heterocycles. The molecular weight excluding hydrogens is 297 g/mol. The molecule has 0 aromatic heterocycles. The van der Waals surface area contributed by atoms with E-state index in [2.05, 4.69) is 6.92 Å². The summed E-state index contributed by atoms with van der Waals surface area (Å²) in [5.74, 6) is -0.345. The SMILES string of the molecule is CCCCCCCC12CCC(c3ccc(C#N)c(F)c3)(CC1)CC2. The molecule has 4 rings (SSSR count). The van der Waals surface area contributed by atoms with Crippen LogP contribution in [0.3, 0.4) is 0 Å². The lowest BCUT2D eigenvalue weighted by Gasteiger charge is -2.54. The van der Waals surface area contributed by atoms with Crippen LogP contribution in [0.5, 0.6) is 0 Å². The first-order valence-electron chi connectivity index (χ1n) is 9.83. The average molecular weight is 327 g/mol. The predicted octanol–water partition coefficient (Wildman–Crippen LogP) is 6.65. The van der Waals surface area contributed by atoms with Crippen LogP contribution in [0.1, 0.15) is 95.1 Å². The molecule has 1 nitrogen and oxygen atoms in total. The summed E-state index contributed by atoms with van der Waals surface area (Å²) < 4.78 is 14.0. The van der Waals surface area contributed by atoms with E-state index in [9.17, 15) is 4.39 Å². The van der Waals surface area contributed by atoms with Crippen LogP contribution in [0, 0.1) is 22.6 Å². The number of halogens is 1. The lowest BCUT2D eigenvalue weighted by atomic mass is 9.51. The molecule has 3 saturated carbocycles. The van der Waals surface area contributed by atoms with Crippen LogP contribution in [0.25, 0.3) is 0 Å². The van der Waals surface area contributed by atoms with Gasteiger partial charge in [-0.3, -0.25) is 0 Å². The van der Waals surface area contributed by atoms with Gasteiger partial charge in [0.1, 0.15) is 11.9 Å².